The van der Waals surface area contributed by atoms with Gasteiger partial charge in [-0.3, -0.25) is 4.79 Å². The van der Waals surface area contributed by atoms with Crippen LogP contribution in [0.4, 0.5) is 5.69 Å². The van der Waals surface area contributed by atoms with Gasteiger partial charge >= 0.3 is 5.97 Å². The molecule has 0 aliphatic heterocycles. The normalized spacial score (nSPS) is 10.5. The molecule has 0 bridgehead atoms. The van der Waals surface area contributed by atoms with E-state index in [4.69, 9.17) is 5.11 Å². The molecule has 1 amide bonds. The van der Waals surface area contributed by atoms with E-state index in [1.165, 1.54) is 18.2 Å². The molecule has 0 fully saturated rings. The molecule has 2 rings (SSSR count). The van der Waals surface area contributed by atoms with E-state index >= 15 is 0 Å². The van der Waals surface area contributed by atoms with E-state index in [0.29, 0.717) is 5.69 Å². The van der Waals surface area contributed by atoms with E-state index in [2.05, 4.69) is 21.2 Å². The number of halogens is 1. The molecule has 2 aromatic carbocycles. The van der Waals surface area contributed by atoms with Gasteiger partial charge in [-0.1, -0.05) is 34.1 Å². The molecule has 0 atom stereocenters. The Labute approximate surface area is 130 Å². The minimum Gasteiger partial charge on any atom is -0.478 e. The lowest BCUT2D eigenvalue weighted by Crippen LogP contribution is -2.08. The molecule has 0 radical (unpaired) electrons. The summed E-state index contributed by atoms with van der Waals surface area (Å²) in [5, 5.41) is 11.5. The van der Waals surface area contributed by atoms with Crippen LogP contribution in [0.15, 0.2) is 59.1 Å². The van der Waals surface area contributed by atoms with E-state index in [1.54, 1.807) is 18.2 Å². The topological polar surface area (TPSA) is 66.4 Å². The average Bonchev–Trinajstić information content (AvgIpc) is 2.47. The highest BCUT2D eigenvalue weighted by Crippen LogP contribution is 2.13. The first-order valence-electron chi connectivity index (χ1n) is 6.12. The molecule has 21 heavy (non-hydrogen) atoms. The van der Waals surface area contributed by atoms with Gasteiger partial charge in [0.1, 0.15) is 0 Å². The minimum absolute atomic E-state index is 0.129. The molecule has 0 aromatic heterocycles. The number of carboxylic acids is 1. The zero-order valence-corrected chi connectivity index (χ0v) is 12.5. The maximum atomic E-state index is 11.8. The Hall–Kier alpha value is -2.40. The Kier molecular flexibility index (Phi) is 4.90. The van der Waals surface area contributed by atoms with Crippen molar-refractivity contribution in [3.8, 4) is 0 Å². The second-order valence-corrected chi connectivity index (χ2v) is 5.18. The predicted molar refractivity (Wildman–Crippen MR) is 85.2 cm³/mol. The lowest BCUT2D eigenvalue weighted by molar-refractivity contribution is -0.111. The summed E-state index contributed by atoms with van der Waals surface area (Å²) in [6.45, 7) is 0. The molecule has 0 heterocycles. The van der Waals surface area contributed by atoms with Crippen LogP contribution in [0, 0.1) is 0 Å². The van der Waals surface area contributed by atoms with E-state index in [0.717, 1.165) is 10.0 Å². The van der Waals surface area contributed by atoms with Crippen LogP contribution in [-0.4, -0.2) is 17.0 Å². The highest BCUT2D eigenvalue weighted by molar-refractivity contribution is 9.10. The molecule has 5 heteroatoms. The van der Waals surface area contributed by atoms with Gasteiger partial charge in [-0.05, 0) is 42.0 Å². The quantitative estimate of drug-likeness (QED) is 0.828. The fourth-order valence-electron chi connectivity index (χ4n) is 1.66. The first-order chi connectivity index (χ1) is 10.0. The van der Waals surface area contributed by atoms with Crippen LogP contribution < -0.4 is 5.32 Å². The van der Waals surface area contributed by atoms with Gasteiger partial charge in [0.05, 0.1) is 5.56 Å². The number of aromatic carboxylic acids is 1. The van der Waals surface area contributed by atoms with Crippen molar-refractivity contribution in [2.24, 2.45) is 0 Å². The third-order valence-electron chi connectivity index (χ3n) is 2.67. The Morgan fingerprint density at radius 3 is 2.48 bits per heavy atom. The second-order valence-electron chi connectivity index (χ2n) is 4.26. The number of hydrogen-bond acceptors (Lipinski definition) is 2. The van der Waals surface area contributed by atoms with Crippen LogP contribution in [0.25, 0.3) is 6.08 Å². The zero-order chi connectivity index (χ0) is 15.2. The summed E-state index contributed by atoms with van der Waals surface area (Å²) in [5.41, 5.74) is 1.47. The fraction of sp³-hybridized carbons (Fsp3) is 0. The van der Waals surface area contributed by atoms with Crippen LogP contribution >= 0.6 is 15.9 Å². The van der Waals surface area contributed by atoms with Crippen molar-refractivity contribution in [2.75, 3.05) is 5.32 Å². The van der Waals surface area contributed by atoms with E-state index in [9.17, 15) is 9.59 Å². The monoisotopic (exact) mass is 345 g/mol. The first kappa shape index (κ1) is 15.0. The summed E-state index contributed by atoms with van der Waals surface area (Å²) in [4.78, 5) is 22.6. The summed E-state index contributed by atoms with van der Waals surface area (Å²) < 4.78 is 0.967. The smallest absolute Gasteiger partial charge is 0.335 e. The highest BCUT2D eigenvalue weighted by atomic mass is 79.9. The SMILES string of the molecule is O=C(/C=C/c1ccc(Br)cc1)Nc1cccc(C(=O)O)c1. The highest BCUT2D eigenvalue weighted by Gasteiger charge is 2.04. The lowest BCUT2D eigenvalue weighted by Gasteiger charge is -2.03. The summed E-state index contributed by atoms with van der Waals surface area (Å²) >= 11 is 3.34. The third-order valence-corrected chi connectivity index (χ3v) is 3.20. The van der Waals surface area contributed by atoms with Gasteiger partial charge < -0.3 is 10.4 Å². The van der Waals surface area contributed by atoms with Crippen molar-refractivity contribution in [3.05, 3.63) is 70.2 Å². The maximum absolute atomic E-state index is 11.8. The van der Waals surface area contributed by atoms with Gasteiger partial charge in [0.15, 0.2) is 0 Å². The molecule has 106 valence electrons. The van der Waals surface area contributed by atoms with Gasteiger partial charge in [-0.2, -0.15) is 0 Å². The summed E-state index contributed by atoms with van der Waals surface area (Å²) in [6, 6.07) is 13.6. The van der Waals surface area contributed by atoms with Crippen molar-refractivity contribution >= 4 is 39.6 Å². The standard InChI is InChI=1S/C16H12BrNO3/c17-13-7-4-11(5-8-13)6-9-15(19)18-14-3-1-2-12(10-14)16(20)21/h1-10H,(H,18,19)(H,20,21)/b9-6+. The van der Waals surface area contributed by atoms with Crippen LogP contribution in [0.2, 0.25) is 0 Å². The minimum atomic E-state index is -1.03. The van der Waals surface area contributed by atoms with Crippen LogP contribution in [0.5, 0.6) is 0 Å². The number of carbonyl (C=O) groups is 2. The van der Waals surface area contributed by atoms with Gasteiger partial charge in [-0.15, -0.1) is 0 Å². The first-order valence-corrected chi connectivity index (χ1v) is 6.92. The molecular weight excluding hydrogens is 334 g/mol. The van der Waals surface area contributed by atoms with Crippen molar-refractivity contribution in [1.29, 1.82) is 0 Å². The lowest BCUT2D eigenvalue weighted by atomic mass is 10.2. The maximum Gasteiger partial charge on any atom is 0.335 e. The summed E-state index contributed by atoms with van der Waals surface area (Å²) in [6.07, 6.45) is 3.08. The molecule has 0 saturated carbocycles. The summed E-state index contributed by atoms with van der Waals surface area (Å²) in [7, 11) is 0. The zero-order valence-electron chi connectivity index (χ0n) is 10.9. The number of carbonyl (C=O) groups excluding carboxylic acids is 1. The van der Waals surface area contributed by atoms with Gasteiger partial charge in [0.2, 0.25) is 5.91 Å². The molecule has 2 N–H and O–H groups in total. The molecule has 2 aromatic rings. The molecule has 0 aliphatic rings. The number of benzene rings is 2. The van der Waals surface area contributed by atoms with Gasteiger partial charge in [-0.25, -0.2) is 4.79 Å². The van der Waals surface area contributed by atoms with Gasteiger partial charge in [0.25, 0.3) is 0 Å². The van der Waals surface area contributed by atoms with E-state index in [1.807, 2.05) is 24.3 Å². The van der Waals surface area contributed by atoms with Crippen molar-refractivity contribution in [2.45, 2.75) is 0 Å². The van der Waals surface area contributed by atoms with E-state index in [-0.39, 0.29) is 11.5 Å². The van der Waals surface area contributed by atoms with Crippen molar-refractivity contribution in [3.63, 3.8) is 0 Å². The number of amides is 1. The molecule has 0 saturated heterocycles. The summed E-state index contributed by atoms with van der Waals surface area (Å²) in [5.74, 6) is -1.35. The number of carboxylic acid groups (broad SMARTS) is 1. The van der Waals surface area contributed by atoms with Crippen molar-refractivity contribution in [1.82, 2.24) is 0 Å². The fourth-order valence-corrected chi connectivity index (χ4v) is 1.92. The number of anilines is 1. The Bertz CT molecular complexity index is 693. The largest absolute Gasteiger partial charge is 0.478 e. The number of rotatable bonds is 4. The van der Waals surface area contributed by atoms with Crippen LogP contribution in [0.1, 0.15) is 15.9 Å². The Balaban J connectivity index is 2.03. The second kappa shape index (κ2) is 6.85. The Morgan fingerprint density at radius 1 is 1.10 bits per heavy atom. The Morgan fingerprint density at radius 2 is 1.81 bits per heavy atom. The number of hydrogen-bond donors (Lipinski definition) is 2. The van der Waals surface area contributed by atoms with E-state index < -0.39 is 5.97 Å². The number of nitrogens with one attached hydrogen (secondary N) is 1. The third kappa shape index (κ3) is 4.57. The molecule has 0 unspecified atom stereocenters. The molecule has 0 aliphatic carbocycles. The average molecular weight is 346 g/mol. The molecule has 0 spiro atoms. The van der Waals surface area contributed by atoms with Gasteiger partial charge in [0, 0.05) is 16.2 Å². The van der Waals surface area contributed by atoms with Crippen LogP contribution in [0.3, 0.4) is 0 Å². The molecule has 4 nitrogen and oxygen atoms in total. The van der Waals surface area contributed by atoms with Crippen molar-refractivity contribution < 1.29 is 14.7 Å². The predicted octanol–water partition coefficient (Wildman–Crippen LogP) is 3.80. The van der Waals surface area contributed by atoms with Crippen LogP contribution in [-0.2, 0) is 4.79 Å². The molecular formula is C16H12BrNO3.